The molecule has 1 aliphatic carbocycles. The Morgan fingerprint density at radius 1 is 1.16 bits per heavy atom. The number of nitrogens with one attached hydrogen (secondary N) is 1. The van der Waals surface area contributed by atoms with Crippen LogP contribution in [0.15, 0.2) is 12.1 Å². The third-order valence-electron chi connectivity index (χ3n) is 7.48. The molecule has 1 aromatic heterocycles. The first-order chi connectivity index (χ1) is 17.3. The smallest absolute Gasteiger partial charge is 0.416 e. The van der Waals surface area contributed by atoms with Crippen molar-refractivity contribution >= 4 is 21.9 Å². The topological polar surface area (TPSA) is 101 Å². The van der Waals surface area contributed by atoms with Crippen LogP contribution in [-0.4, -0.2) is 81.7 Å². The number of nitrogens with zero attached hydrogens (tertiary/aromatic N) is 3. The highest BCUT2D eigenvalue weighted by molar-refractivity contribution is 7.88. The van der Waals surface area contributed by atoms with Crippen LogP contribution in [0.5, 0.6) is 0 Å². The molecule has 4 bridgehead atoms. The van der Waals surface area contributed by atoms with Crippen molar-refractivity contribution < 1.29 is 35.9 Å². The van der Waals surface area contributed by atoms with E-state index < -0.39 is 39.9 Å². The average Bonchev–Trinajstić information content (AvgIpc) is 3.12. The maximum atomic E-state index is 13.7. The Morgan fingerprint density at radius 2 is 1.86 bits per heavy atom. The summed E-state index contributed by atoms with van der Waals surface area (Å²) >= 11 is 0. The van der Waals surface area contributed by atoms with Crippen LogP contribution in [0.4, 0.5) is 23.8 Å². The van der Waals surface area contributed by atoms with Gasteiger partial charge in [0.05, 0.1) is 37.2 Å². The molecule has 3 aliphatic heterocycles. The van der Waals surface area contributed by atoms with Crippen LogP contribution in [-0.2, 0) is 25.7 Å². The van der Waals surface area contributed by atoms with Crippen molar-refractivity contribution in [2.24, 2.45) is 0 Å². The number of ether oxygens (including phenoxy) is 2. The molecular formula is C24H35F3N4O5S. The molecule has 0 radical (unpaired) electrons. The van der Waals surface area contributed by atoms with E-state index in [4.69, 9.17) is 9.47 Å². The molecule has 9 nitrogen and oxygen atoms in total. The van der Waals surface area contributed by atoms with Gasteiger partial charge in [-0.25, -0.2) is 22.9 Å². The number of aromatic nitrogens is 1. The zero-order chi connectivity index (χ0) is 27.0. The Morgan fingerprint density at radius 3 is 2.51 bits per heavy atom. The summed E-state index contributed by atoms with van der Waals surface area (Å²) in [6, 6.07) is 0.919. The van der Waals surface area contributed by atoms with Crippen molar-refractivity contribution in [1.82, 2.24) is 14.6 Å². The van der Waals surface area contributed by atoms with Crippen molar-refractivity contribution in [2.45, 2.75) is 81.8 Å². The van der Waals surface area contributed by atoms with E-state index in [1.807, 2.05) is 6.92 Å². The number of anilines is 1. The molecule has 1 amide bonds. The van der Waals surface area contributed by atoms with Gasteiger partial charge in [0.15, 0.2) is 0 Å². The molecule has 0 aromatic carbocycles. The Labute approximate surface area is 215 Å². The molecule has 4 aliphatic rings. The normalized spacial score (nSPS) is 30.1. The summed E-state index contributed by atoms with van der Waals surface area (Å²) in [5, 5.41) is 0. The minimum absolute atomic E-state index is 0.0568. The summed E-state index contributed by atoms with van der Waals surface area (Å²) in [5.74, 6) is 0.124. The van der Waals surface area contributed by atoms with Crippen molar-refractivity contribution in [3.8, 4) is 0 Å². The van der Waals surface area contributed by atoms with E-state index in [1.165, 1.54) is 0 Å². The molecule has 4 heterocycles. The van der Waals surface area contributed by atoms with Crippen LogP contribution in [0.25, 0.3) is 0 Å². The first kappa shape index (κ1) is 27.9. The van der Waals surface area contributed by atoms with Crippen LogP contribution in [0.3, 0.4) is 0 Å². The number of amides is 1. The molecular weight excluding hydrogens is 513 g/mol. The molecule has 1 aromatic rings. The number of hydrogen-bond donors (Lipinski definition) is 1. The predicted molar refractivity (Wildman–Crippen MR) is 131 cm³/mol. The van der Waals surface area contributed by atoms with E-state index in [-0.39, 0.29) is 37.1 Å². The number of rotatable bonds is 2. The second kappa shape index (κ2) is 10.9. The van der Waals surface area contributed by atoms with Gasteiger partial charge in [0.2, 0.25) is 10.0 Å². The molecule has 3 atom stereocenters. The van der Waals surface area contributed by atoms with Gasteiger partial charge < -0.3 is 14.4 Å². The first-order valence-electron chi connectivity index (χ1n) is 12.7. The maximum Gasteiger partial charge on any atom is 0.416 e. The fraction of sp³-hybridized carbons (Fsp3) is 0.750. The standard InChI is InChI=1S/C24H35F3N4O5S/c1-15-11-20(29-37(3,33)34)21-14-36-18-7-5-16(6-8-18)19-12-17(24(25,26)27)13-22(28-19)30(2)9-4-10-35-23(32)31(15)21/h12-13,15-16,18,20-21,29H,4-11,14H2,1-3H3/t15?,16?,18?,20?,21-/m0/s1. The van der Waals surface area contributed by atoms with Crippen LogP contribution in [0.2, 0.25) is 0 Å². The van der Waals surface area contributed by atoms with E-state index in [0.29, 0.717) is 50.8 Å². The Kier molecular flexibility index (Phi) is 8.25. The summed E-state index contributed by atoms with van der Waals surface area (Å²) in [4.78, 5) is 20.8. The van der Waals surface area contributed by atoms with E-state index in [1.54, 1.807) is 16.8 Å². The van der Waals surface area contributed by atoms with Crippen LogP contribution < -0.4 is 9.62 Å². The Balaban J connectivity index is 1.59. The van der Waals surface area contributed by atoms with E-state index in [9.17, 15) is 26.4 Å². The highest BCUT2D eigenvalue weighted by Gasteiger charge is 2.44. The van der Waals surface area contributed by atoms with E-state index >= 15 is 0 Å². The van der Waals surface area contributed by atoms with Crippen molar-refractivity contribution in [3.63, 3.8) is 0 Å². The molecule has 1 N–H and O–H groups in total. The summed E-state index contributed by atoms with van der Waals surface area (Å²) < 4.78 is 79.2. The first-order valence-corrected chi connectivity index (χ1v) is 14.6. The van der Waals surface area contributed by atoms with E-state index in [0.717, 1.165) is 18.4 Å². The van der Waals surface area contributed by atoms with Crippen LogP contribution >= 0.6 is 0 Å². The summed E-state index contributed by atoms with van der Waals surface area (Å²) in [6.07, 6.45) is -0.774. The maximum absolute atomic E-state index is 13.7. The summed E-state index contributed by atoms with van der Waals surface area (Å²) in [5.41, 5.74) is -0.292. The van der Waals surface area contributed by atoms with Gasteiger partial charge in [-0.3, -0.25) is 4.90 Å². The fourth-order valence-corrected chi connectivity index (χ4v) is 6.39. The Hall–Kier alpha value is -2.12. The number of carbonyl (C=O) groups excluding carboxylic acids is 1. The molecule has 1 saturated carbocycles. The van der Waals surface area contributed by atoms with Gasteiger partial charge in [0.25, 0.3) is 0 Å². The molecule has 2 unspecified atom stereocenters. The Bertz CT molecular complexity index is 1080. The van der Waals surface area contributed by atoms with Gasteiger partial charge in [-0.05, 0) is 57.6 Å². The van der Waals surface area contributed by atoms with Gasteiger partial charge >= 0.3 is 12.3 Å². The van der Waals surface area contributed by atoms with Gasteiger partial charge in [-0.1, -0.05) is 0 Å². The number of pyridine rings is 1. The number of hydrogen-bond acceptors (Lipinski definition) is 7. The quantitative estimate of drug-likeness (QED) is 0.604. The van der Waals surface area contributed by atoms with Gasteiger partial charge in [0, 0.05) is 37.3 Å². The highest BCUT2D eigenvalue weighted by atomic mass is 32.2. The van der Waals surface area contributed by atoms with E-state index in [2.05, 4.69) is 9.71 Å². The second-order valence-electron chi connectivity index (χ2n) is 10.4. The number of halogens is 3. The lowest BCUT2D eigenvalue weighted by atomic mass is 9.84. The second-order valence-corrected chi connectivity index (χ2v) is 12.2. The summed E-state index contributed by atoms with van der Waals surface area (Å²) in [6.45, 7) is 2.38. The van der Waals surface area contributed by atoms with Crippen molar-refractivity contribution in [3.05, 3.63) is 23.4 Å². The molecule has 1 saturated heterocycles. The van der Waals surface area contributed by atoms with Gasteiger partial charge in [0.1, 0.15) is 5.82 Å². The number of fused-ring (bicyclic) bond motifs is 8. The van der Waals surface area contributed by atoms with Crippen LogP contribution in [0.1, 0.15) is 62.6 Å². The monoisotopic (exact) mass is 548 g/mol. The lowest BCUT2D eigenvalue weighted by Gasteiger charge is -2.33. The van der Waals surface area contributed by atoms with Crippen molar-refractivity contribution in [2.75, 3.05) is 38.0 Å². The van der Waals surface area contributed by atoms with Crippen molar-refractivity contribution in [1.29, 1.82) is 0 Å². The largest absolute Gasteiger partial charge is 0.449 e. The molecule has 5 rings (SSSR count). The number of sulfonamides is 1. The SMILES string of the molecule is CC1CC(NS(C)(=O)=O)[C@@H]2COC3CCC(CC3)c3cc(C(F)(F)F)cc(n3)N(C)CCCOC(=O)N12. The zero-order valence-electron chi connectivity index (χ0n) is 21.3. The zero-order valence-corrected chi connectivity index (χ0v) is 22.1. The minimum Gasteiger partial charge on any atom is -0.449 e. The fourth-order valence-electron chi connectivity index (χ4n) is 5.59. The molecule has 37 heavy (non-hydrogen) atoms. The number of alkyl halides is 3. The van der Waals surface area contributed by atoms with Crippen LogP contribution in [0, 0.1) is 0 Å². The molecule has 2 fully saturated rings. The average molecular weight is 549 g/mol. The highest BCUT2D eigenvalue weighted by Crippen LogP contribution is 2.38. The van der Waals surface area contributed by atoms with Gasteiger partial charge in [-0.2, -0.15) is 13.2 Å². The third kappa shape index (κ3) is 6.85. The third-order valence-corrected chi connectivity index (χ3v) is 8.21. The lowest BCUT2D eigenvalue weighted by Crippen LogP contribution is -2.50. The molecule has 0 spiro atoms. The predicted octanol–water partition coefficient (Wildman–Crippen LogP) is 3.50. The minimum atomic E-state index is -4.48. The molecule has 13 heteroatoms. The van der Waals surface area contributed by atoms with Gasteiger partial charge in [-0.15, -0.1) is 0 Å². The molecule has 208 valence electrons. The lowest BCUT2D eigenvalue weighted by molar-refractivity contribution is -0.137. The summed E-state index contributed by atoms with van der Waals surface area (Å²) in [7, 11) is -1.83. The number of carbonyl (C=O) groups is 1.